The Morgan fingerprint density at radius 3 is 3.20 bits per heavy atom. The highest BCUT2D eigenvalue weighted by atomic mass is 16.1. The third-order valence-corrected chi connectivity index (χ3v) is 2.93. The highest BCUT2D eigenvalue weighted by Crippen LogP contribution is 2.16. The van der Waals surface area contributed by atoms with E-state index in [1.807, 2.05) is 12.1 Å². The van der Waals surface area contributed by atoms with Crippen LogP contribution in [0.15, 0.2) is 24.5 Å². The Hall–Kier alpha value is -1.22. The fraction of sp³-hybridized carbons (Fsp3) is 0.500. The molecule has 1 N–H and O–H groups in total. The molecule has 0 spiro atoms. The number of rotatable bonds is 4. The van der Waals surface area contributed by atoms with Crippen molar-refractivity contribution in [2.75, 3.05) is 13.1 Å². The summed E-state index contributed by atoms with van der Waals surface area (Å²) >= 11 is 0. The summed E-state index contributed by atoms with van der Waals surface area (Å²) in [6.45, 7) is 2.17. The summed E-state index contributed by atoms with van der Waals surface area (Å²) in [6, 6.07) is 3.65. The van der Waals surface area contributed by atoms with Crippen molar-refractivity contribution in [3.63, 3.8) is 0 Å². The van der Waals surface area contributed by atoms with Crippen LogP contribution in [0.25, 0.3) is 0 Å². The minimum Gasteiger partial charge on any atom is -0.316 e. The maximum atomic E-state index is 11.7. The van der Waals surface area contributed by atoms with E-state index < -0.39 is 0 Å². The molecule has 0 amide bonds. The van der Waals surface area contributed by atoms with Gasteiger partial charge in [-0.05, 0) is 44.0 Å². The van der Waals surface area contributed by atoms with E-state index in [2.05, 4.69) is 10.3 Å². The predicted molar refractivity (Wildman–Crippen MR) is 58.8 cm³/mol. The Bertz CT molecular complexity index is 318. The number of nitrogens with one attached hydrogen (secondary N) is 1. The van der Waals surface area contributed by atoms with Crippen LogP contribution in [0.5, 0.6) is 0 Å². The van der Waals surface area contributed by atoms with Gasteiger partial charge in [-0.2, -0.15) is 0 Å². The van der Waals surface area contributed by atoms with Crippen molar-refractivity contribution < 1.29 is 4.79 Å². The molecule has 1 aliphatic heterocycles. The number of aromatic nitrogens is 1. The first-order valence-electron chi connectivity index (χ1n) is 5.50. The lowest BCUT2D eigenvalue weighted by molar-refractivity contribution is 0.0974. The highest BCUT2D eigenvalue weighted by molar-refractivity contribution is 5.95. The van der Waals surface area contributed by atoms with Crippen LogP contribution in [0.2, 0.25) is 0 Å². The SMILES string of the molecule is O=C(CCC1CCNC1)c1cccnc1. The van der Waals surface area contributed by atoms with Crippen LogP contribution in [-0.4, -0.2) is 23.9 Å². The summed E-state index contributed by atoms with van der Waals surface area (Å²) in [7, 11) is 0. The fourth-order valence-electron chi connectivity index (χ4n) is 1.97. The Kier molecular flexibility index (Phi) is 3.45. The van der Waals surface area contributed by atoms with Gasteiger partial charge in [0.1, 0.15) is 0 Å². The van der Waals surface area contributed by atoms with Gasteiger partial charge in [0.25, 0.3) is 0 Å². The molecule has 3 nitrogen and oxygen atoms in total. The van der Waals surface area contributed by atoms with Crippen LogP contribution in [0.1, 0.15) is 29.6 Å². The third-order valence-electron chi connectivity index (χ3n) is 2.93. The lowest BCUT2D eigenvalue weighted by atomic mass is 9.99. The molecule has 3 heteroatoms. The molecule has 1 aromatic rings. The normalized spacial score (nSPS) is 20.4. The molecule has 2 rings (SSSR count). The van der Waals surface area contributed by atoms with Crippen LogP contribution in [0.3, 0.4) is 0 Å². The van der Waals surface area contributed by atoms with Gasteiger partial charge in [0.2, 0.25) is 0 Å². The second kappa shape index (κ2) is 5.03. The molecule has 2 heterocycles. The number of Topliss-reactive ketones (excluding diaryl/α,β-unsaturated/α-hetero) is 1. The zero-order chi connectivity index (χ0) is 10.5. The molecule has 1 unspecified atom stereocenters. The number of pyridine rings is 1. The largest absolute Gasteiger partial charge is 0.316 e. The standard InChI is InChI=1S/C12H16N2O/c15-12(11-2-1-6-13-9-11)4-3-10-5-7-14-8-10/h1-2,6,9-10,14H,3-5,7-8H2. The Morgan fingerprint density at radius 1 is 1.60 bits per heavy atom. The first kappa shape index (κ1) is 10.3. The van der Waals surface area contributed by atoms with E-state index in [4.69, 9.17) is 0 Å². The second-order valence-electron chi connectivity index (χ2n) is 4.06. The number of carbonyl (C=O) groups is 1. The molecule has 0 saturated carbocycles. The lowest BCUT2D eigenvalue weighted by Gasteiger charge is -2.06. The van der Waals surface area contributed by atoms with Crippen LogP contribution < -0.4 is 5.32 Å². The molecule has 0 aromatic carbocycles. The van der Waals surface area contributed by atoms with Crippen molar-refractivity contribution in [2.45, 2.75) is 19.3 Å². The van der Waals surface area contributed by atoms with E-state index in [0.717, 1.165) is 25.1 Å². The van der Waals surface area contributed by atoms with Gasteiger partial charge < -0.3 is 5.32 Å². The van der Waals surface area contributed by atoms with Gasteiger partial charge >= 0.3 is 0 Å². The first-order valence-corrected chi connectivity index (χ1v) is 5.50. The number of nitrogens with zero attached hydrogens (tertiary/aromatic N) is 1. The van der Waals surface area contributed by atoms with Gasteiger partial charge in [0, 0.05) is 24.4 Å². The van der Waals surface area contributed by atoms with Crippen LogP contribution in [0, 0.1) is 5.92 Å². The topological polar surface area (TPSA) is 42.0 Å². The van der Waals surface area contributed by atoms with Crippen LogP contribution in [-0.2, 0) is 0 Å². The Labute approximate surface area is 89.9 Å². The van der Waals surface area contributed by atoms with Gasteiger partial charge in [0.15, 0.2) is 5.78 Å². The van der Waals surface area contributed by atoms with Gasteiger partial charge in [-0.25, -0.2) is 0 Å². The number of carbonyl (C=O) groups excluding carboxylic acids is 1. The molecule has 0 bridgehead atoms. The molecular formula is C12H16N2O. The van der Waals surface area contributed by atoms with Crippen LogP contribution in [0.4, 0.5) is 0 Å². The summed E-state index contributed by atoms with van der Waals surface area (Å²) in [5.74, 6) is 0.903. The van der Waals surface area contributed by atoms with Gasteiger partial charge in [-0.3, -0.25) is 9.78 Å². The average Bonchev–Trinajstić information content (AvgIpc) is 2.80. The molecule has 80 valence electrons. The van der Waals surface area contributed by atoms with Crippen molar-refractivity contribution in [1.29, 1.82) is 0 Å². The smallest absolute Gasteiger partial charge is 0.164 e. The highest BCUT2D eigenvalue weighted by Gasteiger charge is 2.16. The van der Waals surface area contributed by atoms with E-state index in [1.165, 1.54) is 6.42 Å². The van der Waals surface area contributed by atoms with Crippen molar-refractivity contribution in [3.8, 4) is 0 Å². The van der Waals surface area contributed by atoms with Crippen molar-refractivity contribution in [3.05, 3.63) is 30.1 Å². The predicted octanol–water partition coefficient (Wildman–Crippen LogP) is 1.65. The summed E-state index contributed by atoms with van der Waals surface area (Å²) in [5, 5.41) is 3.31. The lowest BCUT2D eigenvalue weighted by Crippen LogP contribution is -2.10. The Balaban J connectivity index is 1.82. The summed E-state index contributed by atoms with van der Waals surface area (Å²) in [6.07, 6.45) is 6.20. The van der Waals surface area contributed by atoms with Gasteiger partial charge in [-0.1, -0.05) is 0 Å². The number of hydrogen-bond acceptors (Lipinski definition) is 3. The minimum absolute atomic E-state index is 0.218. The molecule has 1 saturated heterocycles. The van der Waals surface area contributed by atoms with E-state index in [1.54, 1.807) is 12.4 Å². The summed E-state index contributed by atoms with van der Waals surface area (Å²) in [4.78, 5) is 15.7. The first-order chi connectivity index (χ1) is 7.36. The second-order valence-corrected chi connectivity index (χ2v) is 4.06. The molecule has 1 fully saturated rings. The minimum atomic E-state index is 0.218. The van der Waals surface area contributed by atoms with Crippen molar-refractivity contribution >= 4 is 5.78 Å². The summed E-state index contributed by atoms with van der Waals surface area (Å²) < 4.78 is 0. The van der Waals surface area contributed by atoms with E-state index >= 15 is 0 Å². The fourth-order valence-corrected chi connectivity index (χ4v) is 1.97. The van der Waals surface area contributed by atoms with Crippen molar-refractivity contribution in [2.24, 2.45) is 5.92 Å². The Morgan fingerprint density at radius 2 is 2.53 bits per heavy atom. The van der Waals surface area contributed by atoms with E-state index in [9.17, 15) is 4.79 Å². The molecule has 1 aromatic heterocycles. The molecule has 0 radical (unpaired) electrons. The maximum Gasteiger partial charge on any atom is 0.164 e. The van der Waals surface area contributed by atoms with Gasteiger partial charge in [-0.15, -0.1) is 0 Å². The average molecular weight is 204 g/mol. The maximum absolute atomic E-state index is 11.7. The van der Waals surface area contributed by atoms with Crippen LogP contribution >= 0.6 is 0 Å². The van der Waals surface area contributed by atoms with Gasteiger partial charge in [0.05, 0.1) is 0 Å². The third kappa shape index (κ3) is 2.86. The zero-order valence-electron chi connectivity index (χ0n) is 8.78. The quantitative estimate of drug-likeness (QED) is 0.758. The number of hydrogen-bond donors (Lipinski definition) is 1. The summed E-state index contributed by atoms with van der Waals surface area (Å²) in [5.41, 5.74) is 0.739. The zero-order valence-corrected chi connectivity index (χ0v) is 8.78. The van der Waals surface area contributed by atoms with E-state index in [-0.39, 0.29) is 5.78 Å². The molecule has 1 aliphatic rings. The molecule has 1 atom stereocenters. The monoisotopic (exact) mass is 204 g/mol. The van der Waals surface area contributed by atoms with Crippen molar-refractivity contribution in [1.82, 2.24) is 10.3 Å². The molecule has 0 aliphatic carbocycles. The molecule has 15 heavy (non-hydrogen) atoms. The number of ketones is 1. The molecular weight excluding hydrogens is 188 g/mol. The van der Waals surface area contributed by atoms with E-state index in [0.29, 0.717) is 12.3 Å².